The average Bonchev–Trinajstić information content (AvgIpc) is 3.17. The lowest BCUT2D eigenvalue weighted by atomic mass is 10.1. The number of carbonyl (C=O) groups is 2. The Balaban J connectivity index is 2.24. The predicted octanol–water partition coefficient (Wildman–Crippen LogP) is 2.43. The molecule has 4 nitrogen and oxygen atoms in total. The van der Waals surface area contributed by atoms with Crippen molar-refractivity contribution in [2.45, 2.75) is 32.7 Å². The molecule has 0 heterocycles. The third kappa shape index (κ3) is 3.23. The Labute approximate surface area is 117 Å². The zero-order valence-corrected chi connectivity index (χ0v) is 11.7. The van der Waals surface area contributed by atoms with Gasteiger partial charge in [0.1, 0.15) is 5.82 Å². The van der Waals surface area contributed by atoms with Crippen molar-refractivity contribution in [3.05, 3.63) is 47.3 Å². The second-order valence-corrected chi connectivity index (χ2v) is 5.70. The Morgan fingerprint density at radius 3 is 2.45 bits per heavy atom. The van der Waals surface area contributed by atoms with Gasteiger partial charge in [-0.1, -0.05) is 12.1 Å². The minimum atomic E-state index is -0.617. The van der Waals surface area contributed by atoms with Crippen LogP contribution in [0.5, 0.6) is 0 Å². The van der Waals surface area contributed by atoms with Gasteiger partial charge in [0.2, 0.25) is 0 Å². The second-order valence-electron chi connectivity index (χ2n) is 5.70. The topological polar surface area (TPSA) is 49.4 Å². The highest BCUT2D eigenvalue weighted by Gasteiger charge is 2.31. The minimum Gasteiger partial charge on any atom is -0.268 e. The van der Waals surface area contributed by atoms with E-state index in [1.165, 1.54) is 23.2 Å². The van der Waals surface area contributed by atoms with Crippen molar-refractivity contribution in [1.29, 1.82) is 0 Å². The number of hydrazine groups is 1. The molecule has 0 spiro atoms. The fourth-order valence-electron chi connectivity index (χ4n) is 1.68. The summed E-state index contributed by atoms with van der Waals surface area (Å²) < 4.78 is 13.2. The summed E-state index contributed by atoms with van der Waals surface area (Å²) in [4.78, 5) is 24.3. The van der Waals surface area contributed by atoms with Gasteiger partial charge in [-0.15, -0.1) is 0 Å². The number of nitrogens with zero attached hydrogens (tertiary/aromatic N) is 1. The van der Waals surface area contributed by atoms with Gasteiger partial charge in [0.15, 0.2) is 0 Å². The van der Waals surface area contributed by atoms with Crippen LogP contribution in [0, 0.1) is 5.82 Å². The van der Waals surface area contributed by atoms with Crippen molar-refractivity contribution < 1.29 is 14.0 Å². The Kier molecular flexibility index (Phi) is 3.61. The van der Waals surface area contributed by atoms with Gasteiger partial charge in [-0.05, 0) is 45.4 Å². The van der Waals surface area contributed by atoms with Crippen molar-refractivity contribution >= 4 is 11.8 Å². The summed E-state index contributed by atoms with van der Waals surface area (Å²) in [6.45, 7) is 5.39. The minimum absolute atomic E-state index is 0.199. The van der Waals surface area contributed by atoms with Gasteiger partial charge in [0.25, 0.3) is 11.8 Å². The first-order chi connectivity index (χ1) is 9.29. The Morgan fingerprint density at radius 2 is 1.95 bits per heavy atom. The molecule has 0 unspecified atom stereocenters. The van der Waals surface area contributed by atoms with E-state index in [9.17, 15) is 14.0 Å². The SMILES string of the molecule is CC(C)(C)N(NC(=O)C1=CC1)C(=O)c1cccc(F)c1. The van der Waals surface area contributed by atoms with Crippen LogP contribution in [0.3, 0.4) is 0 Å². The van der Waals surface area contributed by atoms with Crippen molar-refractivity contribution in [3.8, 4) is 0 Å². The number of carbonyl (C=O) groups excluding carboxylic acids is 2. The van der Waals surface area contributed by atoms with E-state index in [1.807, 2.05) is 0 Å². The van der Waals surface area contributed by atoms with Crippen LogP contribution in [-0.2, 0) is 4.79 Å². The molecule has 0 radical (unpaired) electrons. The van der Waals surface area contributed by atoms with E-state index in [2.05, 4.69) is 5.43 Å². The fraction of sp³-hybridized carbons (Fsp3) is 0.333. The fourth-order valence-corrected chi connectivity index (χ4v) is 1.68. The largest absolute Gasteiger partial charge is 0.272 e. The van der Waals surface area contributed by atoms with Crippen LogP contribution in [0.25, 0.3) is 0 Å². The van der Waals surface area contributed by atoms with Crippen molar-refractivity contribution in [1.82, 2.24) is 10.4 Å². The lowest BCUT2D eigenvalue weighted by Gasteiger charge is -2.35. The first kappa shape index (κ1) is 14.2. The molecule has 0 fully saturated rings. The molecule has 1 aliphatic rings. The molecule has 1 aromatic rings. The van der Waals surface area contributed by atoms with E-state index in [0.717, 1.165) is 6.07 Å². The number of halogens is 1. The lowest BCUT2D eigenvalue weighted by Crippen LogP contribution is -2.55. The summed E-state index contributed by atoms with van der Waals surface area (Å²) in [7, 11) is 0. The molecule has 1 aromatic carbocycles. The summed E-state index contributed by atoms with van der Waals surface area (Å²) >= 11 is 0. The van der Waals surface area contributed by atoms with Gasteiger partial charge in [0, 0.05) is 11.1 Å². The normalized spacial score (nSPS) is 13.5. The Morgan fingerprint density at radius 1 is 1.30 bits per heavy atom. The monoisotopic (exact) mass is 276 g/mol. The number of rotatable bonds is 2. The summed E-state index contributed by atoms with van der Waals surface area (Å²) in [6, 6.07) is 5.41. The molecule has 2 amide bonds. The molecule has 106 valence electrons. The first-order valence-corrected chi connectivity index (χ1v) is 6.39. The molecule has 1 N–H and O–H groups in total. The number of benzene rings is 1. The predicted molar refractivity (Wildman–Crippen MR) is 73.2 cm³/mol. The van der Waals surface area contributed by atoms with Gasteiger partial charge in [0.05, 0.1) is 5.54 Å². The lowest BCUT2D eigenvalue weighted by molar-refractivity contribution is -0.122. The molecule has 1 aliphatic carbocycles. The van der Waals surface area contributed by atoms with Gasteiger partial charge in [-0.2, -0.15) is 0 Å². The van der Waals surface area contributed by atoms with Crippen LogP contribution in [-0.4, -0.2) is 22.4 Å². The number of hydrogen-bond acceptors (Lipinski definition) is 2. The molecule has 0 saturated heterocycles. The third-order valence-electron chi connectivity index (χ3n) is 2.86. The summed E-state index contributed by atoms with van der Waals surface area (Å²) in [6.07, 6.45) is 2.43. The maximum Gasteiger partial charge on any atom is 0.272 e. The number of hydrogen-bond donors (Lipinski definition) is 1. The maximum absolute atomic E-state index is 13.2. The Bertz CT molecular complexity index is 588. The van der Waals surface area contributed by atoms with Gasteiger partial charge in [-0.25, -0.2) is 9.40 Å². The number of allylic oxidation sites excluding steroid dienone is 1. The quantitative estimate of drug-likeness (QED) is 0.843. The van der Waals surface area contributed by atoms with Crippen molar-refractivity contribution in [2.24, 2.45) is 0 Å². The van der Waals surface area contributed by atoms with Crippen LogP contribution in [0.15, 0.2) is 35.9 Å². The average molecular weight is 276 g/mol. The third-order valence-corrected chi connectivity index (χ3v) is 2.86. The van der Waals surface area contributed by atoms with E-state index < -0.39 is 17.3 Å². The molecule has 0 bridgehead atoms. The maximum atomic E-state index is 13.2. The van der Waals surface area contributed by atoms with E-state index >= 15 is 0 Å². The Hall–Kier alpha value is -2.17. The van der Waals surface area contributed by atoms with E-state index in [-0.39, 0.29) is 11.5 Å². The zero-order valence-electron chi connectivity index (χ0n) is 11.7. The molecule has 0 aromatic heterocycles. The molecule has 0 aliphatic heterocycles. The molecule has 0 saturated carbocycles. The molecule has 5 heteroatoms. The summed E-state index contributed by atoms with van der Waals surface area (Å²) in [5.74, 6) is -1.21. The molecular weight excluding hydrogens is 259 g/mol. The van der Waals surface area contributed by atoms with Crippen LogP contribution in [0.4, 0.5) is 4.39 Å². The van der Waals surface area contributed by atoms with E-state index in [4.69, 9.17) is 0 Å². The number of amides is 2. The summed E-state index contributed by atoms with van der Waals surface area (Å²) in [5, 5.41) is 1.24. The van der Waals surface area contributed by atoms with Gasteiger partial charge >= 0.3 is 0 Å². The van der Waals surface area contributed by atoms with Gasteiger partial charge < -0.3 is 0 Å². The van der Waals surface area contributed by atoms with E-state index in [0.29, 0.717) is 12.0 Å². The number of nitrogens with one attached hydrogen (secondary N) is 1. The van der Waals surface area contributed by atoms with Crippen LogP contribution in [0.1, 0.15) is 37.6 Å². The van der Waals surface area contributed by atoms with Gasteiger partial charge in [-0.3, -0.25) is 15.0 Å². The second kappa shape index (κ2) is 5.07. The molecule has 20 heavy (non-hydrogen) atoms. The van der Waals surface area contributed by atoms with Crippen LogP contribution < -0.4 is 5.43 Å². The highest BCUT2D eigenvalue weighted by Crippen LogP contribution is 2.20. The standard InChI is InChI=1S/C15H17FN2O2/c1-15(2,3)18(17-13(19)10-7-8-10)14(20)11-5-4-6-12(16)9-11/h4-7,9H,8H2,1-3H3,(H,17,19). The highest BCUT2D eigenvalue weighted by atomic mass is 19.1. The first-order valence-electron chi connectivity index (χ1n) is 6.39. The molecular formula is C15H17FN2O2. The summed E-state index contributed by atoms with van der Waals surface area (Å²) in [5.41, 5.74) is 2.83. The highest BCUT2D eigenvalue weighted by molar-refractivity contribution is 6.01. The zero-order chi connectivity index (χ0) is 14.9. The van der Waals surface area contributed by atoms with Crippen molar-refractivity contribution in [2.75, 3.05) is 0 Å². The van der Waals surface area contributed by atoms with E-state index in [1.54, 1.807) is 26.8 Å². The van der Waals surface area contributed by atoms with Crippen molar-refractivity contribution in [3.63, 3.8) is 0 Å². The van der Waals surface area contributed by atoms with Crippen LogP contribution >= 0.6 is 0 Å². The molecule has 0 atom stereocenters. The molecule has 2 rings (SSSR count). The van der Waals surface area contributed by atoms with Crippen LogP contribution in [0.2, 0.25) is 0 Å². The smallest absolute Gasteiger partial charge is 0.268 e.